The van der Waals surface area contributed by atoms with Gasteiger partial charge in [0.05, 0.1) is 5.03 Å². The van der Waals surface area contributed by atoms with Crippen LogP contribution in [0.3, 0.4) is 0 Å². The number of thioether (sulfide) groups is 1. The Balaban J connectivity index is 1.99. The molecule has 1 rings (SSSR count). The smallest absolute Gasteiger partial charge is 0.116 e. The summed E-state index contributed by atoms with van der Waals surface area (Å²) in [7, 11) is 0. The zero-order valence-electron chi connectivity index (χ0n) is 8.57. The van der Waals surface area contributed by atoms with Crippen LogP contribution in [-0.2, 0) is 0 Å². The van der Waals surface area contributed by atoms with Crippen molar-refractivity contribution < 1.29 is 0 Å². The fraction of sp³-hybridized carbons (Fsp3) is 0.600. The SMILES string of the molecule is CCCNCCCSc1ccncn1. The number of nitrogens with zero attached hydrogens (tertiary/aromatic N) is 2. The molecule has 1 aromatic heterocycles. The van der Waals surface area contributed by atoms with Gasteiger partial charge >= 0.3 is 0 Å². The molecule has 0 aromatic carbocycles. The third-order valence-corrected chi connectivity index (χ3v) is 2.76. The van der Waals surface area contributed by atoms with Crippen molar-refractivity contribution in [3.63, 3.8) is 0 Å². The van der Waals surface area contributed by atoms with Crippen LogP contribution in [0.4, 0.5) is 0 Å². The Morgan fingerprint density at radius 3 is 3.07 bits per heavy atom. The molecule has 1 aromatic rings. The molecule has 0 unspecified atom stereocenters. The van der Waals surface area contributed by atoms with E-state index < -0.39 is 0 Å². The van der Waals surface area contributed by atoms with E-state index in [1.165, 1.54) is 12.8 Å². The van der Waals surface area contributed by atoms with E-state index in [0.29, 0.717) is 0 Å². The zero-order chi connectivity index (χ0) is 10.1. The Morgan fingerprint density at radius 1 is 1.43 bits per heavy atom. The normalized spacial score (nSPS) is 10.4. The van der Waals surface area contributed by atoms with Crippen molar-refractivity contribution in [1.29, 1.82) is 0 Å². The van der Waals surface area contributed by atoms with Crippen molar-refractivity contribution >= 4 is 11.8 Å². The molecular weight excluding hydrogens is 194 g/mol. The van der Waals surface area contributed by atoms with Gasteiger partial charge in [0.25, 0.3) is 0 Å². The summed E-state index contributed by atoms with van der Waals surface area (Å²) < 4.78 is 0. The molecule has 0 saturated carbocycles. The standard InChI is InChI=1S/C10H17N3S/c1-2-5-11-6-3-8-14-10-4-7-12-9-13-10/h4,7,9,11H,2-3,5-6,8H2,1H3. The van der Waals surface area contributed by atoms with E-state index in [2.05, 4.69) is 22.2 Å². The van der Waals surface area contributed by atoms with Crippen molar-refractivity contribution in [3.8, 4) is 0 Å². The van der Waals surface area contributed by atoms with Gasteiger partial charge in [0, 0.05) is 11.9 Å². The largest absolute Gasteiger partial charge is 0.317 e. The molecule has 14 heavy (non-hydrogen) atoms. The van der Waals surface area contributed by atoms with Crippen molar-refractivity contribution in [2.45, 2.75) is 24.8 Å². The summed E-state index contributed by atoms with van der Waals surface area (Å²) in [6.07, 6.45) is 5.77. The van der Waals surface area contributed by atoms with Crippen LogP contribution in [0.25, 0.3) is 0 Å². The lowest BCUT2D eigenvalue weighted by atomic mass is 10.4. The van der Waals surface area contributed by atoms with Gasteiger partial charge in [-0.3, -0.25) is 0 Å². The van der Waals surface area contributed by atoms with Crippen LogP contribution in [0.2, 0.25) is 0 Å². The van der Waals surface area contributed by atoms with Crippen LogP contribution < -0.4 is 5.32 Å². The lowest BCUT2D eigenvalue weighted by Crippen LogP contribution is -2.16. The second kappa shape index (κ2) is 7.76. The Kier molecular flexibility index (Phi) is 6.36. The van der Waals surface area contributed by atoms with Gasteiger partial charge in [0.15, 0.2) is 0 Å². The number of hydrogen-bond acceptors (Lipinski definition) is 4. The van der Waals surface area contributed by atoms with Crippen LogP contribution in [0.5, 0.6) is 0 Å². The van der Waals surface area contributed by atoms with Crippen LogP contribution in [0, 0.1) is 0 Å². The highest BCUT2D eigenvalue weighted by Crippen LogP contribution is 2.13. The lowest BCUT2D eigenvalue weighted by molar-refractivity contribution is 0.664. The summed E-state index contributed by atoms with van der Waals surface area (Å²) in [5, 5.41) is 4.44. The van der Waals surface area contributed by atoms with Crippen molar-refractivity contribution in [1.82, 2.24) is 15.3 Å². The molecule has 0 amide bonds. The highest BCUT2D eigenvalue weighted by molar-refractivity contribution is 7.99. The maximum atomic E-state index is 4.14. The Labute approximate surface area is 89.7 Å². The minimum Gasteiger partial charge on any atom is -0.317 e. The number of aromatic nitrogens is 2. The molecule has 0 saturated heterocycles. The van der Waals surface area contributed by atoms with E-state index in [9.17, 15) is 0 Å². The molecule has 0 aliphatic heterocycles. The number of hydrogen-bond donors (Lipinski definition) is 1. The second-order valence-electron chi connectivity index (χ2n) is 3.00. The maximum Gasteiger partial charge on any atom is 0.116 e. The third-order valence-electron chi connectivity index (χ3n) is 1.73. The number of rotatable bonds is 7. The highest BCUT2D eigenvalue weighted by Gasteiger charge is 1.93. The van der Waals surface area contributed by atoms with E-state index in [1.54, 1.807) is 24.3 Å². The van der Waals surface area contributed by atoms with Gasteiger partial charge in [-0.1, -0.05) is 6.92 Å². The van der Waals surface area contributed by atoms with Gasteiger partial charge in [-0.25, -0.2) is 9.97 Å². The summed E-state index contributed by atoms with van der Waals surface area (Å²) in [6, 6.07) is 1.95. The molecule has 1 N–H and O–H groups in total. The minimum atomic E-state index is 1.07. The molecule has 3 nitrogen and oxygen atoms in total. The van der Waals surface area contributed by atoms with E-state index >= 15 is 0 Å². The summed E-state index contributed by atoms with van der Waals surface area (Å²) in [6.45, 7) is 4.41. The van der Waals surface area contributed by atoms with Crippen LogP contribution >= 0.6 is 11.8 Å². The predicted octanol–water partition coefficient (Wildman–Crippen LogP) is 1.96. The first-order valence-corrected chi connectivity index (χ1v) is 6.01. The zero-order valence-corrected chi connectivity index (χ0v) is 9.39. The average Bonchev–Trinajstić information content (AvgIpc) is 2.25. The van der Waals surface area contributed by atoms with Gasteiger partial charge in [-0.05, 0) is 32.0 Å². The van der Waals surface area contributed by atoms with Gasteiger partial charge in [-0.2, -0.15) is 0 Å². The van der Waals surface area contributed by atoms with Gasteiger partial charge < -0.3 is 5.32 Å². The molecule has 1 heterocycles. The van der Waals surface area contributed by atoms with Crippen LogP contribution in [0.1, 0.15) is 19.8 Å². The molecule has 0 aliphatic carbocycles. The summed E-state index contributed by atoms with van der Waals surface area (Å²) >= 11 is 1.79. The average molecular weight is 211 g/mol. The van der Waals surface area contributed by atoms with E-state index in [0.717, 1.165) is 23.9 Å². The Hall–Kier alpha value is -0.610. The molecule has 0 fully saturated rings. The predicted molar refractivity (Wildman–Crippen MR) is 60.5 cm³/mol. The van der Waals surface area contributed by atoms with Crippen LogP contribution in [0.15, 0.2) is 23.6 Å². The van der Waals surface area contributed by atoms with Crippen LogP contribution in [-0.4, -0.2) is 28.8 Å². The quantitative estimate of drug-likeness (QED) is 0.425. The molecule has 0 atom stereocenters. The summed E-state index contributed by atoms with van der Waals surface area (Å²) in [4.78, 5) is 8.02. The van der Waals surface area contributed by atoms with E-state index in [-0.39, 0.29) is 0 Å². The highest BCUT2D eigenvalue weighted by atomic mass is 32.2. The van der Waals surface area contributed by atoms with Crippen molar-refractivity contribution in [2.75, 3.05) is 18.8 Å². The molecule has 0 radical (unpaired) electrons. The maximum absolute atomic E-state index is 4.14. The third kappa shape index (κ3) is 5.19. The fourth-order valence-electron chi connectivity index (χ4n) is 1.04. The first kappa shape index (κ1) is 11.5. The first-order valence-electron chi connectivity index (χ1n) is 5.03. The van der Waals surface area contributed by atoms with E-state index in [4.69, 9.17) is 0 Å². The molecule has 78 valence electrons. The summed E-state index contributed by atoms with van der Waals surface area (Å²) in [5.74, 6) is 1.12. The molecule has 4 heteroatoms. The number of nitrogens with one attached hydrogen (secondary N) is 1. The van der Waals surface area contributed by atoms with Gasteiger partial charge in [-0.15, -0.1) is 11.8 Å². The Bertz CT molecular complexity index is 228. The van der Waals surface area contributed by atoms with Gasteiger partial charge in [0.1, 0.15) is 6.33 Å². The molecule has 0 aliphatic rings. The second-order valence-corrected chi connectivity index (χ2v) is 4.11. The topological polar surface area (TPSA) is 37.8 Å². The minimum absolute atomic E-state index is 1.07. The molecule has 0 bridgehead atoms. The first-order chi connectivity index (χ1) is 6.93. The summed E-state index contributed by atoms with van der Waals surface area (Å²) in [5.41, 5.74) is 0. The monoisotopic (exact) mass is 211 g/mol. The molecular formula is C10H17N3S. The van der Waals surface area contributed by atoms with Crippen molar-refractivity contribution in [3.05, 3.63) is 18.6 Å². The van der Waals surface area contributed by atoms with Crippen molar-refractivity contribution in [2.24, 2.45) is 0 Å². The Morgan fingerprint density at radius 2 is 2.36 bits per heavy atom. The van der Waals surface area contributed by atoms with Gasteiger partial charge in [0.2, 0.25) is 0 Å². The fourth-order valence-corrected chi connectivity index (χ4v) is 1.82. The van der Waals surface area contributed by atoms with E-state index in [1.807, 2.05) is 6.07 Å². The lowest BCUT2D eigenvalue weighted by Gasteiger charge is -2.02. The molecule has 0 spiro atoms.